The van der Waals surface area contributed by atoms with Crippen LogP contribution in [0, 0.1) is 11.8 Å². The van der Waals surface area contributed by atoms with Gasteiger partial charge in [0.2, 0.25) is 5.91 Å². The molecule has 1 amide bonds. The average Bonchev–Trinajstić information content (AvgIpc) is 2.02. The summed E-state index contributed by atoms with van der Waals surface area (Å²) in [7, 11) is 0. The van der Waals surface area contributed by atoms with E-state index in [2.05, 4.69) is 13.8 Å². The lowest BCUT2D eigenvalue weighted by molar-refractivity contribution is -0.124. The van der Waals surface area contributed by atoms with E-state index < -0.39 is 5.54 Å². The Morgan fingerprint density at radius 1 is 1.57 bits per heavy atom. The minimum absolute atomic E-state index is 0.328. The van der Waals surface area contributed by atoms with Crippen molar-refractivity contribution >= 4 is 5.91 Å². The topological polar surface area (TPSA) is 69.1 Å². The Labute approximate surface area is 86.2 Å². The zero-order valence-electron chi connectivity index (χ0n) is 9.25. The zero-order chi connectivity index (χ0) is 10.8. The van der Waals surface area contributed by atoms with Crippen LogP contribution in [0.15, 0.2) is 0 Å². The molecule has 4 N–H and O–H groups in total. The first-order valence-corrected chi connectivity index (χ1v) is 5.53. The Kier molecular flexibility index (Phi) is 3.53. The van der Waals surface area contributed by atoms with E-state index in [1.807, 2.05) is 0 Å². The normalized spacial score (nSPS) is 33.3. The molecular formula is C11H22N2O. The molecule has 1 rings (SSSR count). The zero-order valence-corrected chi connectivity index (χ0v) is 9.25. The summed E-state index contributed by atoms with van der Waals surface area (Å²) in [5.74, 6) is 0.933. The average molecular weight is 198 g/mol. The first kappa shape index (κ1) is 11.5. The van der Waals surface area contributed by atoms with Crippen molar-refractivity contribution in [1.29, 1.82) is 0 Å². The highest BCUT2D eigenvalue weighted by Crippen LogP contribution is 2.34. The summed E-state index contributed by atoms with van der Waals surface area (Å²) in [5.41, 5.74) is 10.6. The number of rotatable bonds is 3. The van der Waals surface area contributed by atoms with Crippen molar-refractivity contribution < 1.29 is 4.79 Å². The third-order valence-electron chi connectivity index (χ3n) is 3.18. The van der Waals surface area contributed by atoms with Gasteiger partial charge < -0.3 is 11.5 Å². The third-order valence-corrected chi connectivity index (χ3v) is 3.18. The molecule has 0 spiro atoms. The lowest BCUT2D eigenvalue weighted by atomic mass is 9.73. The fraction of sp³-hybridized carbons (Fsp3) is 0.909. The molecular weight excluding hydrogens is 176 g/mol. The van der Waals surface area contributed by atoms with E-state index in [0.717, 1.165) is 25.7 Å². The molecule has 1 saturated carbocycles. The van der Waals surface area contributed by atoms with E-state index in [-0.39, 0.29) is 5.91 Å². The van der Waals surface area contributed by atoms with Crippen LogP contribution in [0.3, 0.4) is 0 Å². The number of primary amides is 1. The molecule has 0 saturated heterocycles. The van der Waals surface area contributed by atoms with Crippen molar-refractivity contribution in [1.82, 2.24) is 0 Å². The van der Waals surface area contributed by atoms with Crippen LogP contribution in [0.4, 0.5) is 0 Å². The van der Waals surface area contributed by atoms with E-state index >= 15 is 0 Å². The van der Waals surface area contributed by atoms with Crippen molar-refractivity contribution in [2.75, 3.05) is 0 Å². The second-order valence-corrected chi connectivity index (χ2v) is 5.11. The fourth-order valence-corrected chi connectivity index (χ4v) is 2.52. The van der Waals surface area contributed by atoms with E-state index in [1.54, 1.807) is 0 Å². The van der Waals surface area contributed by atoms with Crippen LogP contribution >= 0.6 is 0 Å². The summed E-state index contributed by atoms with van der Waals surface area (Å²) in [4.78, 5) is 11.2. The molecule has 0 radical (unpaired) electrons. The van der Waals surface area contributed by atoms with Gasteiger partial charge in [-0.15, -0.1) is 0 Å². The van der Waals surface area contributed by atoms with Crippen molar-refractivity contribution in [2.24, 2.45) is 23.3 Å². The maximum Gasteiger partial charge on any atom is 0.237 e. The van der Waals surface area contributed by atoms with E-state index in [1.165, 1.54) is 6.42 Å². The Hall–Kier alpha value is -0.570. The van der Waals surface area contributed by atoms with Gasteiger partial charge in [0.15, 0.2) is 0 Å². The molecule has 3 heteroatoms. The van der Waals surface area contributed by atoms with E-state index in [0.29, 0.717) is 11.8 Å². The van der Waals surface area contributed by atoms with Crippen molar-refractivity contribution in [3.63, 3.8) is 0 Å². The molecule has 2 unspecified atom stereocenters. The minimum atomic E-state index is -0.724. The molecule has 82 valence electrons. The Balaban J connectivity index is 2.55. The summed E-state index contributed by atoms with van der Waals surface area (Å²) in [5, 5.41) is 0. The molecule has 0 aromatic rings. The lowest BCUT2D eigenvalue weighted by Gasteiger charge is -2.36. The Morgan fingerprint density at radius 2 is 2.21 bits per heavy atom. The molecule has 0 aromatic carbocycles. The number of hydrogen-bond acceptors (Lipinski definition) is 2. The number of amides is 1. The first-order chi connectivity index (χ1) is 6.44. The smallest absolute Gasteiger partial charge is 0.237 e. The number of nitrogens with two attached hydrogens (primary N) is 2. The van der Waals surface area contributed by atoms with Crippen LogP contribution in [0.1, 0.15) is 46.0 Å². The molecule has 0 bridgehead atoms. The molecule has 1 fully saturated rings. The summed E-state index contributed by atoms with van der Waals surface area (Å²) < 4.78 is 0. The fourth-order valence-electron chi connectivity index (χ4n) is 2.52. The Morgan fingerprint density at radius 3 is 2.71 bits per heavy atom. The highest BCUT2D eigenvalue weighted by atomic mass is 16.1. The lowest BCUT2D eigenvalue weighted by Crippen LogP contribution is -2.54. The van der Waals surface area contributed by atoms with Gasteiger partial charge >= 0.3 is 0 Å². The second kappa shape index (κ2) is 4.30. The quantitative estimate of drug-likeness (QED) is 0.719. The molecule has 0 aromatic heterocycles. The standard InChI is InChI=1S/C11H22N2O/c1-8(2)6-9-4-3-5-11(13,7-9)10(12)14/h8-9H,3-7,13H2,1-2H3,(H2,12,14). The maximum atomic E-state index is 11.2. The number of carbonyl (C=O) groups excluding carboxylic acids is 1. The predicted molar refractivity (Wildman–Crippen MR) is 57.5 cm³/mol. The maximum absolute atomic E-state index is 11.2. The molecule has 1 aliphatic carbocycles. The van der Waals surface area contributed by atoms with Gasteiger partial charge in [0.05, 0.1) is 5.54 Å². The van der Waals surface area contributed by atoms with Gasteiger partial charge in [-0.3, -0.25) is 4.79 Å². The van der Waals surface area contributed by atoms with E-state index in [9.17, 15) is 4.79 Å². The molecule has 1 aliphatic rings. The molecule has 0 heterocycles. The van der Waals surface area contributed by atoms with Crippen molar-refractivity contribution in [2.45, 2.75) is 51.5 Å². The molecule has 2 atom stereocenters. The summed E-state index contributed by atoms with van der Waals surface area (Å²) in [6.45, 7) is 4.41. The highest BCUT2D eigenvalue weighted by Gasteiger charge is 2.37. The van der Waals surface area contributed by atoms with Gasteiger partial charge in [-0.1, -0.05) is 26.7 Å². The van der Waals surface area contributed by atoms with E-state index in [4.69, 9.17) is 11.5 Å². The van der Waals surface area contributed by atoms with Gasteiger partial charge in [0.1, 0.15) is 0 Å². The number of carbonyl (C=O) groups is 1. The van der Waals surface area contributed by atoms with Gasteiger partial charge in [-0.2, -0.15) is 0 Å². The molecule has 14 heavy (non-hydrogen) atoms. The van der Waals surface area contributed by atoms with Crippen molar-refractivity contribution in [3.05, 3.63) is 0 Å². The van der Waals surface area contributed by atoms with Gasteiger partial charge in [-0.25, -0.2) is 0 Å². The second-order valence-electron chi connectivity index (χ2n) is 5.11. The largest absolute Gasteiger partial charge is 0.368 e. The van der Waals surface area contributed by atoms with Gasteiger partial charge in [-0.05, 0) is 31.1 Å². The van der Waals surface area contributed by atoms with Crippen LogP contribution in [0.5, 0.6) is 0 Å². The third kappa shape index (κ3) is 2.71. The van der Waals surface area contributed by atoms with Gasteiger partial charge in [0, 0.05) is 0 Å². The van der Waals surface area contributed by atoms with Crippen LogP contribution in [0.2, 0.25) is 0 Å². The van der Waals surface area contributed by atoms with Gasteiger partial charge in [0.25, 0.3) is 0 Å². The highest BCUT2D eigenvalue weighted by molar-refractivity contribution is 5.84. The summed E-state index contributed by atoms with van der Waals surface area (Å²) >= 11 is 0. The first-order valence-electron chi connectivity index (χ1n) is 5.53. The number of hydrogen-bond donors (Lipinski definition) is 2. The Bertz CT molecular complexity index is 215. The summed E-state index contributed by atoms with van der Waals surface area (Å²) in [6, 6.07) is 0. The molecule has 3 nitrogen and oxygen atoms in total. The minimum Gasteiger partial charge on any atom is -0.368 e. The van der Waals surface area contributed by atoms with Crippen LogP contribution in [0.25, 0.3) is 0 Å². The SMILES string of the molecule is CC(C)CC1CCCC(N)(C(N)=O)C1. The molecule has 0 aliphatic heterocycles. The van der Waals surface area contributed by atoms with Crippen LogP contribution < -0.4 is 11.5 Å². The van der Waals surface area contributed by atoms with Crippen LogP contribution in [-0.2, 0) is 4.79 Å². The monoisotopic (exact) mass is 198 g/mol. The van der Waals surface area contributed by atoms with Crippen LogP contribution in [-0.4, -0.2) is 11.4 Å². The predicted octanol–water partition coefficient (Wildman–Crippen LogP) is 1.41. The van der Waals surface area contributed by atoms with Crippen molar-refractivity contribution in [3.8, 4) is 0 Å². The summed E-state index contributed by atoms with van der Waals surface area (Å²) in [6.07, 6.45) is 4.94.